The summed E-state index contributed by atoms with van der Waals surface area (Å²) in [6, 6.07) is 2.25. The predicted molar refractivity (Wildman–Crippen MR) is 71.8 cm³/mol. The number of aromatic nitrogens is 3. The molecular formula is C13H20N4O. The third-order valence-corrected chi connectivity index (χ3v) is 3.13. The van der Waals surface area contributed by atoms with Crippen LogP contribution in [0, 0.1) is 0 Å². The van der Waals surface area contributed by atoms with Crippen molar-refractivity contribution in [2.45, 2.75) is 39.3 Å². The summed E-state index contributed by atoms with van der Waals surface area (Å²) in [6.45, 7) is 6.03. The van der Waals surface area contributed by atoms with E-state index in [4.69, 9.17) is 0 Å². The highest BCUT2D eigenvalue weighted by Crippen LogP contribution is 2.00. The maximum absolute atomic E-state index is 12.1. The van der Waals surface area contributed by atoms with E-state index in [2.05, 4.69) is 24.3 Å². The fraction of sp³-hybridized carbons (Fsp3) is 0.538. The summed E-state index contributed by atoms with van der Waals surface area (Å²) in [7, 11) is 0. The van der Waals surface area contributed by atoms with Crippen molar-refractivity contribution in [1.82, 2.24) is 19.5 Å². The molecule has 1 unspecified atom stereocenters. The first-order valence-corrected chi connectivity index (χ1v) is 6.48. The van der Waals surface area contributed by atoms with Gasteiger partial charge >= 0.3 is 0 Å². The average molecular weight is 248 g/mol. The lowest BCUT2D eigenvalue weighted by atomic mass is 10.2. The second-order valence-corrected chi connectivity index (χ2v) is 4.56. The molecule has 2 aromatic rings. The monoisotopic (exact) mass is 248 g/mol. The van der Waals surface area contributed by atoms with Crippen molar-refractivity contribution in [3.05, 3.63) is 35.0 Å². The van der Waals surface area contributed by atoms with Gasteiger partial charge < -0.3 is 9.88 Å². The number of hydrogen-bond donors (Lipinski definition) is 1. The van der Waals surface area contributed by atoms with E-state index in [0.29, 0.717) is 11.6 Å². The van der Waals surface area contributed by atoms with Gasteiger partial charge in [-0.25, -0.2) is 4.52 Å². The smallest absolute Gasteiger partial charge is 0.276 e. The van der Waals surface area contributed by atoms with Crippen LogP contribution in [0.4, 0.5) is 0 Å². The van der Waals surface area contributed by atoms with E-state index in [1.54, 1.807) is 27.5 Å². The molecule has 5 nitrogen and oxygen atoms in total. The lowest BCUT2D eigenvalue weighted by Gasteiger charge is -2.12. The van der Waals surface area contributed by atoms with Crippen LogP contribution < -0.4 is 10.9 Å². The van der Waals surface area contributed by atoms with Crippen LogP contribution in [0.2, 0.25) is 0 Å². The summed E-state index contributed by atoms with van der Waals surface area (Å²) in [5.41, 5.74) is 0.670. The van der Waals surface area contributed by atoms with Gasteiger partial charge in [-0.2, -0.15) is 5.10 Å². The van der Waals surface area contributed by atoms with Gasteiger partial charge in [-0.1, -0.05) is 6.92 Å². The Hall–Kier alpha value is -1.62. The highest BCUT2D eigenvalue weighted by atomic mass is 16.1. The Morgan fingerprint density at radius 3 is 3.06 bits per heavy atom. The molecule has 0 bridgehead atoms. The molecule has 18 heavy (non-hydrogen) atoms. The SMILES string of the molecule is CCNC(C)CCCn1ccn2nccc2c1=O. The molecule has 0 spiro atoms. The zero-order valence-electron chi connectivity index (χ0n) is 11.0. The van der Waals surface area contributed by atoms with Gasteiger partial charge in [0.25, 0.3) is 5.56 Å². The van der Waals surface area contributed by atoms with E-state index in [9.17, 15) is 4.79 Å². The molecule has 98 valence electrons. The molecule has 0 aliphatic carbocycles. The Morgan fingerprint density at radius 1 is 1.44 bits per heavy atom. The topological polar surface area (TPSA) is 51.3 Å². The van der Waals surface area contributed by atoms with Gasteiger partial charge in [0, 0.05) is 25.0 Å². The Labute approximate surface area is 106 Å². The molecule has 2 rings (SSSR count). The van der Waals surface area contributed by atoms with E-state index in [0.717, 1.165) is 25.9 Å². The molecular weight excluding hydrogens is 228 g/mol. The van der Waals surface area contributed by atoms with Crippen LogP contribution in [0.5, 0.6) is 0 Å². The number of hydrogen-bond acceptors (Lipinski definition) is 3. The molecule has 0 fully saturated rings. The van der Waals surface area contributed by atoms with Crippen molar-refractivity contribution in [3.63, 3.8) is 0 Å². The molecule has 0 amide bonds. The minimum absolute atomic E-state index is 0.0334. The average Bonchev–Trinajstić information content (AvgIpc) is 2.81. The summed E-state index contributed by atoms with van der Waals surface area (Å²) >= 11 is 0. The van der Waals surface area contributed by atoms with Crippen LogP contribution in [0.15, 0.2) is 29.5 Å². The van der Waals surface area contributed by atoms with Gasteiger partial charge in [0.1, 0.15) is 5.52 Å². The highest BCUT2D eigenvalue weighted by molar-refractivity contribution is 5.42. The molecule has 0 aliphatic rings. The zero-order chi connectivity index (χ0) is 13.0. The molecule has 2 aromatic heterocycles. The van der Waals surface area contributed by atoms with Gasteiger partial charge in [-0.3, -0.25) is 4.79 Å². The quantitative estimate of drug-likeness (QED) is 0.837. The normalized spacial score (nSPS) is 13.0. The minimum Gasteiger partial charge on any atom is -0.315 e. The van der Waals surface area contributed by atoms with Crippen molar-refractivity contribution in [1.29, 1.82) is 0 Å². The summed E-state index contributed by atoms with van der Waals surface area (Å²) in [4.78, 5) is 12.1. The summed E-state index contributed by atoms with van der Waals surface area (Å²) < 4.78 is 3.37. The van der Waals surface area contributed by atoms with Gasteiger partial charge in [-0.05, 0) is 32.4 Å². The third-order valence-electron chi connectivity index (χ3n) is 3.13. The first kappa shape index (κ1) is 12.8. The number of fused-ring (bicyclic) bond motifs is 1. The number of rotatable bonds is 6. The van der Waals surface area contributed by atoms with Gasteiger partial charge in [-0.15, -0.1) is 0 Å². The van der Waals surface area contributed by atoms with Crippen molar-refractivity contribution < 1.29 is 0 Å². The molecule has 0 aromatic carbocycles. The summed E-state index contributed by atoms with van der Waals surface area (Å²) in [5, 5.41) is 7.42. The van der Waals surface area contributed by atoms with Crippen LogP contribution in [-0.2, 0) is 6.54 Å². The highest BCUT2D eigenvalue weighted by Gasteiger charge is 2.04. The fourth-order valence-electron chi connectivity index (χ4n) is 2.16. The van der Waals surface area contributed by atoms with Crippen molar-refractivity contribution in [2.24, 2.45) is 0 Å². The lowest BCUT2D eigenvalue weighted by molar-refractivity contribution is 0.482. The number of aryl methyl sites for hydroxylation is 1. The van der Waals surface area contributed by atoms with Gasteiger partial charge in [0.15, 0.2) is 0 Å². The van der Waals surface area contributed by atoms with Crippen molar-refractivity contribution in [2.75, 3.05) is 6.54 Å². The Balaban J connectivity index is 1.99. The van der Waals surface area contributed by atoms with E-state index < -0.39 is 0 Å². The maximum Gasteiger partial charge on any atom is 0.276 e. The molecule has 0 saturated heterocycles. The van der Waals surface area contributed by atoms with Crippen LogP contribution in [0.3, 0.4) is 0 Å². The maximum atomic E-state index is 12.1. The fourth-order valence-corrected chi connectivity index (χ4v) is 2.16. The van der Waals surface area contributed by atoms with E-state index >= 15 is 0 Å². The molecule has 1 N–H and O–H groups in total. The molecule has 5 heteroatoms. The minimum atomic E-state index is 0.0334. The predicted octanol–water partition coefficient (Wildman–Crippen LogP) is 1.27. The summed E-state index contributed by atoms with van der Waals surface area (Å²) in [6.07, 6.45) is 7.35. The van der Waals surface area contributed by atoms with Crippen LogP contribution in [-0.4, -0.2) is 26.8 Å². The number of nitrogens with one attached hydrogen (secondary N) is 1. The van der Waals surface area contributed by atoms with Crippen LogP contribution in [0.1, 0.15) is 26.7 Å². The van der Waals surface area contributed by atoms with Crippen molar-refractivity contribution in [3.8, 4) is 0 Å². The van der Waals surface area contributed by atoms with Crippen LogP contribution in [0.25, 0.3) is 5.52 Å². The van der Waals surface area contributed by atoms with Crippen molar-refractivity contribution >= 4 is 5.52 Å². The van der Waals surface area contributed by atoms with Crippen LogP contribution >= 0.6 is 0 Å². The van der Waals surface area contributed by atoms with E-state index in [-0.39, 0.29) is 5.56 Å². The second kappa shape index (κ2) is 5.82. The lowest BCUT2D eigenvalue weighted by Crippen LogP contribution is -2.27. The molecule has 1 atom stereocenters. The first-order chi connectivity index (χ1) is 8.72. The number of nitrogens with zero attached hydrogens (tertiary/aromatic N) is 3. The molecule has 0 radical (unpaired) electrons. The molecule has 0 saturated carbocycles. The second-order valence-electron chi connectivity index (χ2n) is 4.56. The Morgan fingerprint density at radius 2 is 2.28 bits per heavy atom. The molecule has 0 aliphatic heterocycles. The Kier molecular flexibility index (Phi) is 4.15. The first-order valence-electron chi connectivity index (χ1n) is 6.48. The van der Waals surface area contributed by atoms with Gasteiger partial charge in [0.2, 0.25) is 0 Å². The standard InChI is InChI=1S/C13H20N4O/c1-3-14-11(2)5-4-8-16-9-10-17-12(13(16)18)6-7-15-17/h6-7,9-11,14H,3-5,8H2,1-2H3. The Bertz CT molecular complexity index is 557. The third kappa shape index (κ3) is 2.79. The van der Waals surface area contributed by atoms with E-state index in [1.165, 1.54) is 0 Å². The van der Waals surface area contributed by atoms with Gasteiger partial charge in [0.05, 0.1) is 6.20 Å². The zero-order valence-corrected chi connectivity index (χ0v) is 11.0. The largest absolute Gasteiger partial charge is 0.315 e. The van der Waals surface area contributed by atoms with E-state index in [1.807, 2.05) is 6.20 Å². The molecule has 2 heterocycles. The summed E-state index contributed by atoms with van der Waals surface area (Å²) in [5.74, 6) is 0.